The molecule has 2 atom stereocenters. The van der Waals surface area contributed by atoms with Crippen LogP contribution in [-0.4, -0.2) is 34.9 Å². The lowest BCUT2D eigenvalue weighted by Gasteiger charge is -2.19. The minimum absolute atomic E-state index is 0.0930. The fraction of sp³-hybridized carbons (Fsp3) is 0.587. The molecule has 4 nitrogen and oxygen atoms in total. The first-order valence-corrected chi connectivity index (χ1v) is 20.1. The summed E-state index contributed by atoms with van der Waals surface area (Å²) in [5.41, 5.74) is 0. The quantitative estimate of drug-likeness (QED) is 0.0465. The number of nitrogens with one attached hydrogen (secondary N) is 1. The van der Waals surface area contributed by atoms with Gasteiger partial charge in [0, 0.05) is 6.42 Å². The van der Waals surface area contributed by atoms with E-state index < -0.39 is 12.1 Å². The summed E-state index contributed by atoms with van der Waals surface area (Å²) >= 11 is 0. The zero-order chi connectivity index (χ0) is 36.4. The number of aliphatic hydroxyl groups excluding tert-OH is 2. The Morgan fingerprint density at radius 3 is 1.40 bits per heavy atom. The van der Waals surface area contributed by atoms with Crippen molar-refractivity contribution < 1.29 is 15.0 Å². The van der Waals surface area contributed by atoms with Gasteiger partial charge in [0.15, 0.2) is 0 Å². The van der Waals surface area contributed by atoms with Crippen molar-refractivity contribution in [2.75, 3.05) is 6.61 Å². The lowest BCUT2D eigenvalue weighted by Crippen LogP contribution is -2.45. The molecule has 0 bridgehead atoms. The maximum atomic E-state index is 12.3. The number of amides is 1. The third kappa shape index (κ3) is 36.3. The molecule has 2 unspecified atom stereocenters. The highest BCUT2D eigenvalue weighted by atomic mass is 16.3. The van der Waals surface area contributed by atoms with E-state index in [1.165, 1.54) is 51.4 Å². The van der Waals surface area contributed by atoms with Crippen molar-refractivity contribution in [1.82, 2.24) is 5.32 Å². The van der Waals surface area contributed by atoms with Gasteiger partial charge < -0.3 is 15.5 Å². The van der Waals surface area contributed by atoms with Gasteiger partial charge in [0.25, 0.3) is 0 Å². The fourth-order valence-electron chi connectivity index (χ4n) is 5.28. The molecule has 0 saturated carbocycles. The highest BCUT2D eigenvalue weighted by Crippen LogP contribution is 2.12. The van der Waals surface area contributed by atoms with Crippen LogP contribution in [0.3, 0.4) is 0 Å². The zero-order valence-corrected chi connectivity index (χ0v) is 32.1. The summed E-state index contributed by atoms with van der Waals surface area (Å²) in [7, 11) is 0. The topological polar surface area (TPSA) is 69.6 Å². The lowest BCUT2D eigenvalue weighted by molar-refractivity contribution is -0.123. The van der Waals surface area contributed by atoms with Crippen LogP contribution >= 0.6 is 0 Å². The number of allylic oxidation sites excluding steroid dienone is 17. The molecule has 0 radical (unpaired) electrons. The van der Waals surface area contributed by atoms with Crippen LogP contribution in [0.4, 0.5) is 0 Å². The van der Waals surface area contributed by atoms with Crippen molar-refractivity contribution in [3.8, 4) is 0 Å². The van der Waals surface area contributed by atoms with Crippen LogP contribution in [-0.2, 0) is 4.79 Å². The second-order valence-electron chi connectivity index (χ2n) is 13.0. The lowest BCUT2D eigenvalue weighted by atomic mass is 10.0. The van der Waals surface area contributed by atoms with E-state index >= 15 is 0 Å². The smallest absolute Gasteiger partial charge is 0.220 e. The SMILES string of the molecule is C/C=C/CC/C=C/CC/C=C/C(O)C(CO)NC(=O)CCCCCCCCCCCC/C=C\C/C=C\C/C=C\C/C=C\C/C=C\C/C=C\CC. The van der Waals surface area contributed by atoms with E-state index in [9.17, 15) is 15.0 Å². The van der Waals surface area contributed by atoms with Crippen LogP contribution in [0.25, 0.3) is 0 Å². The van der Waals surface area contributed by atoms with E-state index in [1.54, 1.807) is 6.08 Å². The van der Waals surface area contributed by atoms with Crippen molar-refractivity contribution in [2.45, 2.75) is 167 Å². The summed E-state index contributed by atoms with van der Waals surface area (Å²) in [6.07, 6.45) is 62.1. The van der Waals surface area contributed by atoms with Crippen LogP contribution in [0.5, 0.6) is 0 Å². The van der Waals surface area contributed by atoms with E-state index in [-0.39, 0.29) is 12.5 Å². The third-order valence-corrected chi connectivity index (χ3v) is 8.31. The Bertz CT molecular complexity index is 1010. The molecule has 0 aromatic rings. The van der Waals surface area contributed by atoms with Gasteiger partial charge in [0.2, 0.25) is 5.91 Å². The predicted octanol–water partition coefficient (Wildman–Crippen LogP) is 12.5. The maximum Gasteiger partial charge on any atom is 0.220 e. The monoisotopic (exact) mass is 690 g/mol. The van der Waals surface area contributed by atoms with Gasteiger partial charge in [-0.2, -0.15) is 0 Å². The summed E-state index contributed by atoms with van der Waals surface area (Å²) in [5.74, 6) is -0.0930. The zero-order valence-electron chi connectivity index (χ0n) is 32.1. The first kappa shape index (κ1) is 47.1. The molecule has 3 N–H and O–H groups in total. The summed E-state index contributed by atoms with van der Waals surface area (Å²) in [4.78, 5) is 12.3. The van der Waals surface area contributed by atoms with Gasteiger partial charge in [0.05, 0.1) is 18.8 Å². The van der Waals surface area contributed by atoms with Crippen molar-refractivity contribution >= 4 is 5.91 Å². The average molecular weight is 690 g/mol. The molecule has 0 aromatic heterocycles. The van der Waals surface area contributed by atoms with E-state index in [0.29, 0.717) is 6.42 Å². The van der Waals surface area contributed by atoms with Gasteiger partial charge in [-0.25, -0.2) is 0 Å². The number of carbonyl (C=O) groups is 1. The molecule has 0 fully saturated rings. The van der Waals surface area contributed by atoms with Gasteiger partial charge in [-0.1, -0.05) is 168 Å². The number of unbranched alkanes of at least 4 members (excludes halogenated alkanes) is 12. The summed E-state index contributed by atoms with van der Waals surface area (Å²) in [5, 5.41) is 22.8. The molecule has 0 aromatic carbocycles. The summed E-state index contributed by atoms with van der Waals surface area (Å²) in [6, 6.07) is -0.652. The van der Waals surface area contributed by atoms with E-state index in [2.05, 4.69) is 109 Å². The second-order valence-corrected chi connectivity index (χ2v) is 13.0. The molecule has 0 spiro atoms. The Morgan fingerprint density at radius 2 is 0.920 bits per heavy atom. The number of rotatable bonds is 34. The molecule has 0 aliphatic carbocycles. The molecular weight excluding hydrogens is 615 g/mol. The number of hydrogen-bond donors (Lipinski definition) is 3. The van der Waals surface area contributed by atoms with E-state index in [0.717, 1.165) is 83.5 Å². The molecule has 0 aliphatic rings. The Hall–Kier alpha value is -2.95. The standard InChI is InChI=1S/C46H75NO3/c1-3-5-7-9-11-13-14-15-16-17-18-19-20-21-22-23-24-25-26-27-28-29-30-31-32-34-36-38-40-42-46(50)47-44(43-48)45(49)41-39-37-35-33-12-10-8-6-4-2/h4-7,11-13,15-16,18-19,21-22,24-25,33,39,41,44-45,48-49H,3,8-10,14,17,20,23,26-32,34-38,40,42-43H2,1-2H3,(H,47,50)/b6-4+,7-5-,13-11-,16-15-,19-18-,22-21-,25-24-,33-12+,41-39+. The van der Waals surface area contributed by atoms with Crippen LogP contribution in [0.1, 0.15) is 155 Å². The Morgan fingerprint density at radius 1 is 0.520 bits per heavy atom. The van der Waals surface area contributed by atoms with Crippen molar-refractivity contribution in [2.24, 2.45) is 0 Å². The maximum absolute atomic E-state index is 12.3. The molecule has 50 heavy (non-hydrogen) atoms. The third-order valence-electron chi connectivity index (χ3n) is 8.31. The molecule has 1 amide bonds. The van der Waals surface area contributed by atoms with Crippen LogP contribution in [0, 0.1) is 0 Å². The number of aliphatic hydroxyl groups is 2. The van der Waals surface area contributed by atoms with Gasteiger partial charge >= 0.3 is 0 Å². The highest BCUT2D eigenvalue weighted by molar-refractivity contribution is 5.76. The summed E-state index contributed by atoms with van der Waals surface area (Å²) in [6.45, 7) is 3.92. The normalized spacial score (nSPS) is 14.2. The first-order chi connectivity index (χ1) is 24.7. The number of hydrogen-bond acceptors (Lipinski definition) is 3. The molecule has 0 saturated heterocycles. The molecule has 282 valence electrons. The minimum atomic E-state index is -0.876. The van der Waals surface area contributed by atoms with Crippen LogP contribution in [0.15, 0.2) is 109 Å². The van der Waals surface area contributed by atoms with Gasteiger partial charge in [-0.05, 0) is 90.4 Å². The largest absolute Gasteiger partial charge is 0.394 e. The van der Waals surface area contributed by atoms with Gasteiger partial charge in [-0.3, -0.25) is 4.79 Å². The molecular formula is C46H75NO3. The van der Waals surface area contributed by atoms with Crippen LogP contribution in [0.2, 0.25) is 0 Å². The second kappa shape index (κ2) is 40.5. The minimum Gasteiger partial charge on any atom is -0.394 e. The van der Waals surface area contributed by atoms with Crippen LogP contribution < -0.4 is 5.32 Å². The van der Waals surface area contributed by atoms with Crippen molar-refractivity contribution in [1.29, 1.82) is 0 Å². The predicted molar refractivity (Wildman–Crippen MR) is 220 cm³/mol. The molecule has 0 heterocycles. The fourth-order valence-corrected chi connectivity index (χ4v) is 5.28. The first-order valence-electron chi connectivity index (χ1n) is 20.1. The Kier molecular flexibility index (Phi) is 38.1. The Balaban J connectivity index is 3.62. The van der Waals surface area contributed by atoms with Crippen molar-refractivity contribution in [3.05, 3.63) is 109 Å². The Labute approximate surface area is 308 Å². The number of carbonyl (C=O) groups excluding carboxylic acids is 1. The van der Waals surface area contributed by atoms with Gasteiger partial charge in [-0.15, -0.1) is 0 Å². The average Bonchev–Trinajstić information content (AvgIpc) is 3.12. The van der Waals surface area contributed by atoms with Gasteiger partial charge in [0.1, 0.15) is 0 Å². The van der Waals surface area contributed by atoms with E-state index in [4.69, 9.17) is 0 Å². The summed E-state index contributed by atoms with van der Waals surface area (Å²) < 4.78 is 0. The molecule has 4 heteroatoms. The molecule has 0 aliphatic heterocycles. The molecule has 0 rings (SSSR count). The van der Waals surface area contributed by atoms with Crippen molar-refractivity contribution in [3.63, 3.8) is 0 Å². The van der Waals surface area contributed by atoms with E-state index in [1.807, 2.05) is 13.0 Å². The highest BCUT2D eigenvalue weighted by Gasteiger charge is 2.17.